The van der Waals surface area contributed by atoms with Crippen LogP contribution in [0.2, 0.25) is 5.02 Å². The Labute approximate surface area is 175 Å². The second-order valence-electron chi connectivity index (χ2n) is 6.68. The van der Waals surface area contributed by atoms with Crippen molar-refractivity contribution in [2.75, 3.05) is 9.21 Å². The SMILES string of the molecule is CCc1ccccc1N1C(=O)N(Cc2ccccc2Cl)c2ccccc2S1(=O)=O. The highest BCUT2D eigenvalue weighted by molar-refractivity contribution is 7.94. The smallest absolute Gasteiger partial charge is 0.287 e. The summed E-state index contributed by atoms with van der Waals surface area (Å²) < 4.78 is 27.7. The normalized spacial score (nSPS) is 15.3. The molecule has 0 aliphatic carbocycles. The fourth-order valence-electron chi connectivity index (χ4n) is 3.50. The van der Waals surface area contributed by atoms with Gasteiger partial charge in [0.15, 0.2) is 0 Å². The van der Waals surface area contributed by atoms with E-state index < -0.39 is 16.1 Å². The van der Waals surface area contributed by atoms with Crippen molar-refractivity contribution >= 4 is 39.0 Å². The molecule has 29 heavy (non-hydrogen) atoms. The van der Waals surface area contributed by atoms with Gasteiger partial charge in [0, 0.05) is 5.02 Å². The molecule has 0 aromatic heterocycles. The quantitative estimate of drug-likeness (QED) is 0.573. The number of fused-ring (bicyclic) bond motifs is 1. The van der Waals surface area contributed by atoms with Crippen molar-refractivity contribution in [3.8, 4) is 0 Å². The van der Waals surface area contributed by atoms with E-state index in [0.29, 0.717) is 22.8 Å². The largest absolute Gasteiger partial charge is 0.343 e. The molecule has 2 amide bonds. The van der Waals surface area contributed by atoms with Crippen molar-refractivity contribution in [3.63, 3.8) is 0 Å². The second kappa shape index (κ2) is 7.54. The lowest BCUT2D eigenvalue weighted by Gasteiger charge is -2.37. The summed E-state index contributed by atoms with van der Waals surface area (Å²) in [4.78, 5) is 15.1. The molecule has 0 atom stereocenters. The summed E-state index contributed by atoms with van der Waals surface area (Å²) in [6.45, 7) is 2.09. The molecular formula is C22H19ClN2O3S. The number of urea groups is 1. The summed E-state index contributed by atoms with van der Waals surface area (Å²) in [5, 5.41) is 0.520. The molecule has 3 aromatic rings. The first-order valence-corrected chi connectivity index (χ1v) is 11.0. The van der Waals surface area contributed by atoms with Gasteiger partial charge in [-0.3, -0.25) is 4.90 Å². The van der Waals surface area contributed by atoms with Crippen molar-refractivity contribution in [1.29, 1.82) is 0 Å². The molecule has 0 saturated heterocycles. The van der Waals surface area contributed by atoms with Crippen molar-refractivity contribution in [2.45, 2.75) is 24.8 Å². The van der Waals surface area contributed by atoms with E-state index in [1.165, 1.54) is 11.0 Å². The lowest BCUT2D eigenvalue weighted by atomic mass is 10.1. The van der Waals surface area contributed by atoms with E-state index in [1.807, 2.05) is 37.3 Å². The fourth-order valence-corrected chi connectivity index (χ4v) is 5.33. The minimum absolute atomic E-state index is 0.0950. The maximum absolute atomic E-state index is 13.5. The Morgan fingerprint density at radius 3 is 2.10 bits per heavy atom. The zero-order valence-electron chi connectivity index (χ0n) is 15.7. The number of carbonyl (C=O) groups excluding carboxylic acids is 1. The van der Waals surface area contributed by atoms with Gasteiger partial charge in [-0.05, 0) is 41.8 Å². The first-order chi connectivity index (χ1) is 13.9. The third kappa shape index (κ3) is 3.28. The molecule has 0 saturated carbocycles. The molecule has 1 aliphatic heterocycles. The predicted molar refractivity (Wildman–Crippen MR) is 115 cm³/mol. The molecule has 0 fully saturated rings. The van der Waals surface area contributed by atoms with Crippen molar-refractivity contribution in [3.05, 3.63) is 88.9 Å². The standard InChI is InChI=1S/C22H19ClN2O3S/c1-2-16-9-4-6-12-19(16)25-22(26)24(15-17-10-3-5-11-18(17)23)20-13-7-8-14-21(20)29(25,27)28/h3-14H,2,15H2,1H3. The number of benzene rings is 3. The number of halogens is 1. The lowest BCUT2D eigenvalue weighted by Crippen LogP contribution is -2.51. The first-order valence-electron chi connectivity index (χ1n) is 9.22. The van der Waals surface area contributed by atoms with Crippen molar-refractivity contribution < 1.29 is 13.2 Å². The van der Waals surface area contributed by atoms with E-state index in [9.17, 15) is 13.2 Å². The molecule has 7 heteroatoms. The Morgan fingerprint density at radius 2 is 1.41 bits per heavy atom. The van der Waals surface area contributed by atoms with Crippen LogP contribution in [0.3, 0.4) is 0 Å². The monoisotopic (exact) mass is 426 g/mol. The number of carbonyl (C=O) groups is 1. The number of para-hydroxylation sites is 2. The number of aryl methyl sites for hydroxylation is 1. The molecule has 4 rings (SSSR count). The van der Waals surface area contributed by atoms with E-state index in [4.69, 9.17) is 11.6 Å². The summed E-state index contributed by atoms with van der Waals surface area (Å²) in [5.74, 6) is 0. The molecule has 1 aliphatic rings. The highest BCUT2D eigenvalue weighted by Crippen LogP contribution is 2.39. The summed E-state index contributed by atoms with van der Waals surface area (Å²) in [6, 6.07) is 20.2. The van der Waals surface area contributed by atoms with Gasteiger partial charge in [-0.1, -0.05) is 67.1 Å². The van der Waals surface area contributed by atoms with Gasteiger partial charge in [0.1, 0.15) is 4.90 Å². The summed E-state index contributed by atoms with van der Waals surface area (Å²) in [5.41, 5.74) is 2.24. The minimum Gasteiger partial charge on any atom is -0.287 e. The van der Waals surface area contributed by atoms with E-state index in [0.717, 1.165) is 15.4 Å². The van der Waals surface area contributed by atoms with E-state index in [-0.39, 0.29) is 11.4 Å². The van der Waals surface area contributed by atoms with Crippen LogP contribution in [0.1, 0.15) is 18.1 Å². The molecule has 148 valence electrons. The Balaban J connectivity index is 1.91. The van der Waals surface area contributed by atoms with E-state index in [1.54, 1.807) is 36.4 Å². The van der Waals surface area contributed by atoms with Crippen LogP contribution in [0.25, 0.3) is 0 Å². The Kier molecular flexibility index (Phi) is 5.06. The third-order valence-corrected chi connectivity index (χ3v) is 7.06. The van der Waals surface area contributed by atoms with Crippen LogP contribution in [0.4, 0.5) is 16.2 Å². The highest BCUT2D eigenvalue weighted by atomic mass is 35.5. The van der Waals surface area contributed by atoms with Crippen molar-refractivity contribution in [1.82, 2.24) is 0 Å². The molecule has 0 radical (unpaired) electrons. The number of hydrogen-bond acceptors (Lipinski definition) is 3. The fraction of sp³-hybridized carbons (Fsp3) is 0.136. The van der Waals surface area contributed by atoms with Crippen LogP contribution in [-0.4, -0.2) is 14.4 Å². The van der Waals surface area contributed by atoms with E-state index in [2.05, 4.69) is 0 Å². The predicted octanol–water partition coefficient (Wildman–Crippen LogP) is 5.24. The van der Waals surface area contributed by atoms with Gasteiger partial charge in [0.2, 0.25) is 0 Å². The topological polar surface area (TPSA) is 57.7 Å². The maximum Gasteiger partial charge on any atom is 0.343 e. The molecule has 0 spiro atoms. The number of anilines is 2. The molecule has 1 heterocycles. The molecule has 0 N–H and O–H groups in total. The van der Waals surface area contributed by atoms with Gasteiger partial charge >= 0.3 is 6.03 Å². The number of rotatable bonds is 4. The molecular weight excluding hydrogens is 408 g/mol. The van der Waals surface area contributed by atoms with Crippen LogP contribution >= 0.6 is 11.6 Å². The van der Waals surface area contributed by atoms with Gasteiger partial charge in [-0.25, -0.2) is 13.2 Å². The molecule has 0 unspecified atom stereocenters. The zero-order chi connectivity index (χ0) is 20.6. The first kappa shape index (κ1) is 19.5. The van der Waals surface area contributed by atoms with E-state index >= 15 is 0 Å². The molecule has 5 nitrogen and oxygen atoms in total. The summed E-state index contributed by atoms with van der Waals surface area (Å²) >= 11 is 6.31. The van der Waals surface area contributed by atoms with Gasteiger partial charge in [-0.2, -0.15) is 4.31 Å². The average molecular weight is 427 g/mol. The van der Waals surface area contributed by atoms with Crippen LogP contribution < -0.4 is 9.21 Å². The van der Waals surface area contributed by atoms with Crippen LogP contribution in [0.5, 0.6) is 0 Å². The molecule has 0 bridgehead atoms. The number of sulfonamides is 1. The zero-order valence-corrected chi connectivity index (χ0v) is 17.3. The Morgan fingerprint density at radius 1 is 0.828 bits per heavy atom. The van der Waals surface area contributed by atoms with Gasteiger partial charge in [-0.15, -0.1) is 0 Å². The van der Waals surface area contributed by atoms with Crippen LogP contribution in [0, 0.1) is 0 Å². The van der Waals surface area contributed by atoms with Crippen LogP contribution in [-0.2, 0) is 23.0 Å². The maximum atomic E-state index is 13.5. The van der Waals surface area contributed by atoms with Crippen molar-refractivity contribution in [2.24, 2.45) is 0 Å². The van der Waals surface area contributed by atoms with Gasteiger partial charge in [0.25, 0.3) is 10.0 Å². The highest BCUT2D eigenvalue weighted by Gasteiger charge is 2.43. The van der Waals surface area contributed by atoms with Gasteiger partial charge < -0.3 is 0 Å². The second-order valence-corrected chi connectivity index (χ2v) is 8.84. The molecule has 3 aromatic carbocycles. The average Bonchev–Trinajstić information content (AvgIpc) is 2.73. The van der Waals surface area contributed by atoms with Crippen LogP contribution in [0.15, 0.2) is 77.7 Å². The summed E-state index contributed by atoms with van der Waals surface area (Å²) in [6.07, 6.45) is 0.599. The van der Waals surface area contributed by atoms with Gasteiger partial charge in [0.05, 0.1) is 17.9 Å². The summed E-state index contributed by atoms with van der Waals surface area (Å²) in [7, 11) is -4.04. The Bertz CT molecular complexity index is 1190. The number of nitrogens with zero attached hydrogens (tertiary/aromatic N) is 2. The minimum atomic E-state index is -4.04. The third-order valence-electron chi connectivity index (χ3n) is 4.96. The number of amides is 2. The lowest BCUT2D eigenvalue weighted by molar-refractivity contribution is 0.253. The number of hydrogen-bond donors (Lipinski definition) is 0. The Hall–Kier alpha value is -2.83.